The van der Waals surface area contributed by atoms with Gasteiger partial charge in [0.1, 0.15) is 0 Å². The number of hydrogen-bond acceptors (Lipinski definition) is 2. The second-order valence-corrected chi connectivity index (χ2v) is 3.27. The van der Waals surface area contributed by atoms with Crippen LogP contribution in [0, 0.1) is 0 Å². The van der Waals surface area contributed by atoms with Crippen molar-refractivity contribution < 1.29 is 13.0 Å². The first kappa shape index (κ1) is 7.21. The lowest BCUT2D eigenvalue weighted by Gasteiger charge is -1.93. The van der Waals surface area contributed by atoms with Crippen LogP contribution in [0.1, 0.15) is 6.42 Å². The molecule has 0 atom stereocenters. The molecule has 0 spiro atoms. The Hall–Kier alpha value is -0.900. The molecule has 0 saturated heterocycles. The van der Waals surface area contributed by atoms with Gasteiger partial charge >= 0.3 is 0 Å². The maximum absolute atomic E-state index is 10.4. The monoisotopic (exact) mass is 160 g/mol. The predicted molar refractivity (Wildman–Crippen MR) is 38.5 cm³/mol. The molecule has 5 heteroatoms. The Kier molecular flexibility index (Phi) is 1.72. The third-order valence-corrected chi connectivity index (χ3v) is 2.04. The molecule has 1 aliphatic heterocycles. The van der Waals surface area contributed by atoms with E-state index in [0.717, 1.165) is 0 Å². The first-order valence-corrected chi connectivity index (χ1v) is 4.06. The Labute approximate surface area is 58.4 Å². The van der Waals surface area contributed by atoms with Crippen molar-refractivity contribution in [1.29, 1.82) is 0 Å². The third-order valence-electron chi connectivity index (χ3n) is 1.08. The van der Waals surface area contributed by atoms with Gasteiger partial charge in [-0.2, -0.15) is 8.42 Å². The van der Waals surface area contributed by atoms with E-state index in [1.807, 2.05) is 0 Å². The van der Waals surface area contributed by atoms with Gasteiger partial charge in [0.15, 0.2) is 0 Å². The lowest BCUT2D eigenvalue weighted by Crippen LogP contribution is -2.06. The minimum Gasteiger partial charge on any atom is -0.282 e. The van der Waals surface area contributed by atoms with Gasteiger partial charge in [-0.1, -0.05) is 0 Å². The summed E-state index contributed by atoms with van der Waals surface area (Å²) < 4.78 is 32.9. The summed E-state index contributed by atoms with van der Waals surface area (Å²) in [7, 11) is -3.99. The minimum atomic E-state index is -3.99. The normalized spacial score (nSPS) is 17.1. The number of hydrogen-bond donors (Lipinski definition) is 1. The predicted octanol–water partition coefficient (Wildman–Crippen LogP) is -0.629. The second kappa shape index (κ2) is 2.38. The number of allylic oxidation sites excluding steroid dienone is 2. The molecular weight excluding hydrogens is 154 g/mol. The summed E-state index contributed by atoms with van der Waals surface area (Å²) in [6, 6.07) is 0. The molecule has 0 aromatic heterocycles. The van der Waals surface area contributed by atoms with E-state index in [1.54, 1.807) is 0 Å². The largest absolute Gasteiger partial charge is 0.293 e. The molecule has 10 heavy (non-hydrogen) atoms. The number of nitrogens with zero attached hydrogens (tertiary/aromatic N) is 1. The third kappa shape index (κ3) is 1.54. The maximum atomic E-state index is 10.4. The van der Waals surface area contributed by atoms with E-state index in [-0.39, 0.29) is 11.3 Å². The van der Waals surface area contributed by atoms with Crippen molar-refractivity contribution in [2.75, 3.05) is 0 Å². The van der Waals surface area contributed by atoms with Crippen molar-refractivity contribution >= 4 is 22.5 Å². The number of rotatable bonds is 1. The summed E-state index contributed by atoms with van der Waals surface area (Å²) in [5, 5.41) is 0. The lowest BCUT2D eigenvalue weighted by molar-refractivity contribution is 0.490. The lowest BCUT2D eigenvalue weighted by atomic mass is 10.4. The first-order chi connectivity index (χ1) is 4.61. The molecule has 0 aromatic rings. The van der Waals surface area contributed by atoms with Crippen LogP contribution in [-0.4, -0.2) is 25.4 Å². The molecule has 0 unspecified atom stereocenters. The Morgan fingerprint density at radius 3 is 2.60 bits per heavy atom. The van der Waals surface area contributed by atoms with Crippen LogP contribution < -0.4 is 4.67 Å². The van der Waals surface area contributed by atoms with Gasteiger partial charge in [-0.25, -0.2) is 0 Å². The van der Waals surface area contributed by atoms with Crippen LogP contribution in [-0.2, 0) is 10.1 Å². The van der Waals surface area contributed by atoms with Crippen LogP contribution >= 0.6 is 0 Å². The van der Waals surface area contributed by atoms with Crippen LogP contribution in [0.4, 0.5) is 0 Å². The summed E-state index contributed by atoms with van der Waals surface area (Å²) in [4.78, 5) is -0.0116. The van der Waals surface area contributed by atoms with Gasteiger partial charge in [0, 0.05) is 6.08 Å². The van der Waals surface area contributed by atoms with Crippen molar-refractivity contribution in [3.8, 4) is 0 Å². The maximum Gasteiger partial charge on any atom is 0.293 e. The Morgan fingerprint density at radius 1 is 1.60 bits per heavy atom. The van der Waals surface area contributed by atoms with E-state index in [0.29, 0.717) is 0 Å². The van der Waals surface area contributed by atoms with Crippen LogP contribution in [0.15, 0.2) is 11.0 Å². The highest BCUT2D eigenvalue weighted by atomic mass is 32.2. The van der Waals surface area contributed by atoms with Gasteiger partial charge in [0.05, 0.1) is 11.3 Å². The highest BCUT2D eigenvalue weighted by Gasteiger charge is 2.16. The molecule has 0 fully saturated rings. The molecule has 0 saturated carbocycles. The zero-order valence-electron chi connectivity index (χ0n) is 5.06. The Balaban J connectivity index is 3.01. The smallest absolute Gasteiger partial charge is 0.282 e. The fraction of sp³-hybridized carbons (Fsp3) is 0.200. The van der Waals surface area contributed by atoms with Crippen molar-refractivity contribution in [1.82, 2.24) is 4.67 Å². The fourth-order valence-corrected chi connectivity index (χ4v) is 1.11. The molecule has 0 aromatic carbocycles. The van der Waals surface area contributed by atoms with Crippen molar-refractivity contribution in [3.05, 3.63) is 11.0 Å². The van der Waals surface area contributed by atoms with Crippen LogP contribution in [0.25, 0.3) is 0 Å². The molecule has 1 heterocycles. The van der Waals surface area contributed by atoms with Crippen molar-refractivity contribution in [2.45, 2.75) is 6.42 Å². The molecule has 0 radical (unpaired) electrons. The molecule has 0 aliphatic carbocycles. The molecule has 0 bridgehead atoms. The zero-order chi connectivity index (χ0) is 7.61. The van der Waals surface area contributed by atoms with Gasteiger partial charge in [-0.15, -0.1) is 4.67 Å². The Morgan fingerprint density at radius 2 is 2.30 bits per heavy atom. The summed E-state index contributed by atoms with van der Waals surface area (Å²) in [6.45, 7) is 0. The van der Waals surface area contributed by atoms with E-state index in [9.17, 15) is 8.42 Å². The molecule has 54 valence electrons. The van der Waals surface area contributed by atoms with Crippen LogP contribution in [0.5, 0.6) is 0 Å². The summed E-state index contributed by atoms with van der Waals surface area (Å²) in [5.41, 5.74) is 0. The summed E-state index contributed by atoms with van der Waals surface area (Å²) in [5.74, 6) is 0. The van der Waals surface area contributed by atoms with E-state index < -0.39 is 10.1 Å². The van der Waals surface area contributed by atoms with Gasteiger partial charge in [0.2, 0.25) is 0 Å². The molecule has 0 amide bonds. The minimum absolute atomic E-state index is 0.0116. The van der Waals surface area contributed by atoms with E-state index in [1.165, 1.54) is 18.5 Å². The topological polar surface area (TPSA) is 68.5 Å². The fourth-order valence-electron chi connectivity index (χ4n) is 0.589. The Bertz CT molecular complexity index is 319. The average Bonchev–Trinajstić information content (AvgIpc) is 1.88. The molecule has 1 N–H and O–H groups in total. The average molecular weight is 160 g/mol. The highest BCUT2D eigenvalue weighted by molar-refractivity contribution is 7.89. The van der Waals surface area contributed by atoms with Gasteiger partial charge < -0.3 is 0 Å². The van der Waals surface area contributed by atoms with Crippen molar-refractivity contribution in [3.63, 3.8) is 0 Å². The van der Waals surface area contributed by atoms with E-state index in [2.05, 4.69) is 4.67 Å². The second-order valence-electron chi connectivity index (χ2n) is 1.79. The SMILES string of the molecule is O=S(=O)(O)C1=CC=[N+]=CC1. The molecule has 1 rings (SSSR count). The van der Waals surface area contributed by atoms with E-state index in [4.69, 9.17) is 4.55 Å². The van der Waals surface area contributed by atoms with Gasteiger partial charge in [-0.05, 0) is 0 Å². The van der Waals surface area contributed by atoms with Crippen LogP contribution in [0.3, 0.4) is 0 Å². The van der Waals surface area contributed by atoms with Gasteiger partial charge in [0.25, 0.3) is 22.5 Å². The van der Waals surface area contributed by atoms with E-state index >= 15 is 0 Å². The van der Waals surface area contributed by atoms with Gasteiger partial charge in [-0.3, -0.25) is 4.55 Å². The quantitative estimate of drug-likeness (QED) is 0.410. The highest BCUT2D eigenvalue weighted by Crippen LogP contribution is 2.06. The zero-order valence-corrected chi connectivity index (χ0v) is 5.87. The first-order valence-electron chi connectivity index (χ1n) is 2.62. The molecule has 4 nitrogen and oxygen atoms in total. The van der Waals surface area contributed by atoms with Crippen molar-refractivity contribution in [2.24, 2.45) is 0 Å². The standard InChI is InChI=1S/C5H5NO3S/c7-10(8,9)5-1-3-6-4-2-5/h1,3-4H,2H2/p+1. The molecular formula is C5H6NO3S+. The summed E-state index contributed by atoms with van der Waals surface area (Å²) >= 11 is 0. The molecule has 1 aliphatic rings. The van der Waals surface area contributed by atoms with Crippen LogP contribution in [0.2, 0.25) is 0 Å². The summed E-state index contributed by atoms with van der Waals surface area (Å²) in [6.07, 6.45) is 4.19.